The van der Waals surface area contributed by atoms with Crippen LogP contribution in [0.25, 0.3) is 0 Å². The van der Waals surface area contributed by atoms with E-state index in [0.29, 0.717) is 26.9 Å². The van der Waals surface area contributed by atoms with Crippen LogP contribution in [-0.2, 0) is 0 Å². The number of rotatable bonds is 3. The van der Waals surface area contributed by atoms with Crippen molar-refractivity contribution in [2.75, 3.05) is 0 Å². The van der Waals surface area contributed by atoms with Crippen molar-refractivity contribution in [1.82, 2.24) is 4.98 Å². The highest BCUT2D eigenvalue weighted by Gasteiger charge is 2.33. The zero-order valence-corrected chi connectivity index (χ0v) is 12.8. The van der Waals surface area contributed by atoms with Gasteiger partial charge >= 0.3 is 0 Å². The molecule has 1 unspecified atom stereocenters. The Morgan fingerprint density at radius 2 is 1.85 bits per heavy atom. The molecular weight excluding hydrogens is 290 g/mol. The number of carbonyl (C=O) groups is 2. The second-order valence-electron chi connectivity index (χ2n) is 4.70. The van der Waals surface area contributed by atoms with Crippen molar-refractivity contribution in [2.45, 2.75) is 29.9 Å². The van der Waals surface area contributed by atoms with E-state index in [9.17, 15) is 9.59 Å². The standard InChI is InChI=1S/C15H13NO2S2/c1-3-8(2)19-15-16-11-12(17)9-6-4-5-7-10(9)13(18)14(11)20-15/h4-8H,3H2,1-2H3. The Bertz CT molecular complexity index is 653. The smallest absolute Gasteiger partial charge is 0.213 e. The van der Waals surface area contributed by atoms with Gasteiger partial charge in [0.25, 0.3) is 0 Å². The number of thiazole rings is 1. The van der Waals surface area contributed by atoms with Gasteiger partial charge in [-0.05, 0) is 6.42 Å². The van der Waals surface area contributed by atoms with Gasteiger partial charge in [0.05, 0.1) is 0 Å². The van der Waals surface area contributed by atoms with Crippen LogP contribution < -0.4 is 0 Å². The average Bonchev–Trinajstić information content (AvgIpc) is 2.89. The van der Waals surface area contributed by atoms with Crippen molar-refractivity contribution < 1.29 is 9.59 Å². The Balaban J connectivity index is 2.05. The van der Waals surface area contributed by atoms with Crippen molar-refractivity contribution >= 4 is 34.7 Å². The highest BCUT2D eigenvalue weighted by atomic mass is 32.2. The fourth-order valence-electron chi connectivity index (χ4n) is 2.04. The lowest BCUT2D eigenvalue weighted by molar-refractivity contribution is 0.0979. The molecule has 0 saturated carbocycles. The fraction of sp³-hybridized carbons (Fsp3) is 0.267. The quantitative estimate of drug-likeness (QED) is 0.690. The number of carbonyl (C=O) groups excluding carboxylic acids is 2. The zero-order valence-electron chi connectivity index (χ0n) is 11.2. The molecule has 0 bridgehead atoms. The molecule has 1 aromatic carbocycles. The first-order valence-corrected chi connectivity index (χ1v) is 8.17. The minimum absolute atomic E-state index is 0.0799. The maximum Gasteiger partial charge on any atom is 0.213 e. The van der Waals surface area contributed by atoms with Crippen molar-refractivity contribution in [3.8, 4) is 0 Å². The Labute approximate surface area is 125 Å². The van der Waals surface area contributed by atoms with Crippen molar-refractivity contribution in [1.29, 1.82) is 0 Å². The van der Waals surface area contributed by atoms with E-state index in [-0.39, 0.29) is 11.6 Å². The topological polar surface area (TPSA) is 47.0 Å². The Hall–Kier alpha value is -1.46. The molecule has 1 atom stereocenters. The summed E-state index contributed by atoms with van der Waals surface area (Å²) < 4.78 is 0.804. The number of nitrogens with zero attached hydrogens (tertiary/aromatic N) is 1. The largest absolute Gasteiger partial charge is 0.288 e. The van der Waals surface area contributed by atoms with Gasteiger partial charge < -0.3 is 0 Å². The lowest BCUT2D eigenvalue weighted by Gasteiger charge is -2.11. The number of hydrogen-bond acceptors (Lipinski definition) is 5. The van der Waals surface area contributed by atoms with Crippen LogP contribution in [0.3, 0.4) is 0 Å². The summed E-state index contributed by atoms with van der Waals surface area (Å²) in [4.78, 5) is 29.7. The lowest BCUT2D eigenvalue weighted by Crippen LogP contribution is -2.19. The minimum Gasteiger partial charge on any atom is -0.288 e. The van der Waals surface area contributed by atoms with Crippen LogP contribution in [0.4, 0.5) is 0 Å². The van der Waals surface area contributed by atoms with Gasteiger partial charge in [-0.25, -0.2) is 4.98 Å². The van der Waals surface area contributed by atoms with Gasteiger partial charge in [0.15, 0.2) is 4.34 Å². The summed E-state index contributed by atoms with van der Waals surface area (Å²) in [5, 5.41) is 0.426. The molecule has 102 valence electrons. The number of ketones is 2. The number of hydrogen-bond donors (Lipinski definition) is 0. The highest BCUT2D eigenvalue weighted by Crippen LogP contribution is 2.36. The molecule has 20 heavy (non-hydrogen) atoms. The van der Waals surface area contributed by atoms with Crippen LogP contribution >= 0.6 is 23.1 Å². The van der Waals surface area contributed by atoms with E-state index in [1.165, 1.54) is 11.3 Å². The first kappa shape index (κ1) is 13.5. The van der Waals surface area contributed by atoms with E-state index in [1.54, 1.807) is 36.0 Å². The van der Waals surface area contributed by atoms with Gasteiger partial charge in [-0.2, -0.15) is 0 Å². The van der Waals surface area contributed by atoms with Gasteiger partial charge in [-0.1, -0.05) is 49.9 Å². The second-order valence-corrected chi connectivity index (χ2v) is 7.38. The van der Waals surface area contributed by atoms with Crippen LogP contribution in [-0.4, -0.2) is 21.8 Å². The molecule has 0 amide bonds. The highest BCUT2D eigenvalue weighted by molar-refractivity contribution is 8.01. The van der Waals surface area contributed by atoms with Crippen molar-refractivity contribution in [3.63, 3.8) is 0 Å². The summed E-state index contributed by atoms with van der Waals surface area (Å²) in [6.07, 6.45) is 1.02. The van der Waals surface area contributed by atoms with Crippen LogP contribution in [0.5, 0.6) is 0 Å². The molecule has 0 fully saturated rings. The summed E-state index contributed by atoms with van der Waals surface area (Å²) in [5.41, 5.74) is 1.29. The first-order chi connectivity index (χ1) is 9.61. The molecule has 3 nitrogen and oxygen atoms in total. The molecular formula is C15H13NO2S2. The Kier molecular flexibility index (Phi) is 3.48. The van der Waals surface area contributed by atoms with Crippen LogP contribution in [0.1, 0.15) is 51.6 Å². The number of benzene rings is 1. The number of thioether (sulfide) groups is 1. The number of aromatic nitrogens is 1. The number of fused-ring (bicyclic) bond motifs is 2. The normalized spacial score (nSPS) is 14.9. The predicted molar refractivity (Wildman–Crippen MR) is 81.0 cm³/mol. The molecule has 3 rings (SSSR count). The molecule has 0 spiro atoms. The third kappa shape index (κ3) is 2.11. The zero-order chi connectivity index (χ0) is 14.3. The maximum atomic E-state index is 12.4. The Morgan fingerprint density at radius 1 is 1.20 bits per heavy atom. The van der Waals surface area contributed by atoms with Gasteiger partial charge in [0.2, 0.25) is 11.6 Å². The lowest BCUT2D eigenvalue weighted by atomic mass is 9.92. The van der Waals surface area contributed by atoms with Crippen molar-refractivity contribution in [3.05, 3.63) is 46.0 Å². The monoisotopic (exact) mass is 303 g/mol. The summed E-state index contributed by atoms with van der Waals surface area (Å²) in [7, 11) is 0. The van der Waals surface area contributed by atoms with Gasteiger partial charge in [0.1, 0.15) is 10.6 Å². The van der Waals surface area contributed by atoms with E-state index >= 15 is 0 Å². The second kappa shape index (κ2) is 5.14. The summed E-state index contributed by atoms with van der Waals surface area (Å²) >= 11 is 2.96. The van der Waals surface area contributed by atoms with Gasteiger partial charge in [0, 0.05) is 16.4 Å². The van der Waals surface area contributed by atoms with Crippen LogP contribution in [0, 0.1) is 0 Å². The molecule has 1 aliphatic rings. The van der Waals surface area contributed by atoms with Crippen LogP contribution in [0.2, 0.25) is 0 Å². The fourth-order valence-corrected chi connectivity index (χ4v) is 4.38. The van der Waals surface area contributed by atoms with E-state index in [4.69, 9.17) is 0 Å². The summed E-state index contributed by atoms with van der Waals surface area (Å²) in [6.45, 7) is 4.22. The SMILES string of the molecule is CCC(C)Sc1nc2c(s1)C(=O)c1ccccc1C2=O. The maximum absolute atomic E-state index is 12.4. The Morgan fingerprint density at radius 3 is 2.50 bits per heavy atom. The summed E-state index contributed by atoms with van der Waals surface area (Å²) in [6, 6.07) is 6.96. The van der Waals surface area contributed by atoms with Crippen LogP contribution in [0.15, 0.2) is 28.6 Å². The molecule has 2 aromatic rings. The van der Waals surface area contributed by atoms with Gasteiger partial charge in [-0.15, -0.1) is 11.3 Å². The van der Waals surface area contributed by atoms with E-state index in [0.717, 1.165) is 10.8 Å². The molecule has 1 aliphatic carbocycles. The van der Waals surface area contributed by atoms with Gasteiger partial charge in [-0.3, -0.25) is 9.59 Å². The van der Waals surface area contributed by atoms with E-state index in [1.807, 2.05) is 0 Å². The molecule has 5 heteroatoms. The molecule has 1 heterocycles. The molecule has 0 N–H and O–H groups in total. The third-order valence-electron chi connectivity index (χ3n) is 3.32. The third-order valence-corrected chi connectivity index (χ3v) is 5.74. The average molecular weight is 303 g/mol. The predicted octanol–water partition coefficient (Wildman–Crippen LogP) is 3.81. The van der Waals surface area contributed by atoms with E-state index in [2.05, 4.69) is 18.8 Å². The van der Waals surface area contributed by atoms with Crippen molar-refractivity contribution in [2.24, 2.45) is 0 Å². The minimum atomic E-state index is -0.137. The summed E-state index contributed by atoms with van der Waals surface area (Å²) in [5.74, 6) is -0.217. The molecule has 1 aromatic heterocycles. The molecule has 0 saturated heterocycles. The first-order valence-electron chi connectivity index (χ1n) is 6.47. The van der Waals surface area contributed by atoms with E-state index < -0.39 is 0 Å². The molecule has 0 radical (unpaired) electrons. The molecule has 0 aliphatic heterocycles.